The van der Waals surface area contributed by atoms with Gasteiger partial charge in [-0.1, -0.05) is 42.0 Å². The molecule has 0 aliphatic rings. The second-order valence-corrected chi connectivity index (χ2v) is 5.45. The fraction of sp³-hybridized carbons (Fsp3) is 0.222. The van der Waals surface area contributed by atoms with Crippen LogP contribution in [0.4, 0.5) is 0 Å². The van der Waals surface area contributed by atoms with Crippen LogP contribution in [0.3, 0.4) is 0 Å². The van der Waals surface area contributed by atoms with Gasteiger partial charge in [-0.3, -0.25) is 9.36 Å². The van der Waals surface area contributed by atoms with Gasteiger partial charge in [0, 0.05) is 5.56 Å². The smallest absolute Gasteiger partial charge is 0.366 e. The van der Waals surface area contributed by atoms with Crippen molar-refractivity contribution in [2.75, 3.05) is 0 Å². The molecule has 3 rings (SSSR count). The van der Waals surface area contributed by atoms with Gasteiger partial charge in [-0.25, -0.2) is 4.79 Å². The number of nitrogens with zero attached hydrogens (tertiary/aromatic N) is 2. The van der Waals surface area contributed by atoms with Gasteiger partial charge in [0.05, 0.1) is 18.6 Å². The van der Waals surface area contributed by atoms with E-state index < -0.39 is 11.2 Å². The largest absolute Gasteiger partial charge is 0.463 e. The maximum Gasteiger partial charge on any atom is 0.366 e. The van der Waals surface area contributed by atoms with Crippen molar-refractivity contribution in [3.05, 3.63) is 80.7 Å². The van der Waals surface area contributed by atoms with E-state index in [2.05, 4.69) is 0 Å². The Hall–Kier alpha value is -3.06. The molecule has 130 valence electrons. The molecule has 0 atom stereocenters. The highest BCUT2D eigenvalue weighted by molar-refractivity contribution is 5.57. The number of furan rings is 1. The molecule has 0 radical (unpaired) electrons. The molecule has 0 saturated heterocycles. The van der Waals surface area contributed by atoms with Crippen LogP contribution in [-0.2, 0) is 24.5 Å². The van der Waals surface area contributed by atoms with Gasteiger partial charge in [0.2, 0.25) is 0 Å². The molecule has 7 nitrogen and oxygen atoms in total. The third-order valence-electron chi connectivity index (χ3n) is 3.86. The Bertz CT molecular complexity index is 956. The molecule has 0 spiro atoms. The lowest BCUT2D eigenvalue weighted by Gasteiger charge is -2.15. The summed E-state index contributed by atoms with van der Waals surface area (Å²) in [5, 5.41) is 9.82. The lowest BCUT2D eigenvalue weighted by Crippen LogP contribution is -2.41. The summed E-state index contributed by atoms with van der Waals surface area (Å²) in [4.78, 5) is 24.6. The molecule has 0 aliphatic carbocycles. The summed E-state index contributed by atoms with van der Waals surface area (Å²) in [7, 11) is 0. The molecule has 7 heteroatoms. The third kappa shape index (κ3) is 3.27. The van der Waals surface area contributed by atoms with Crippen LogP contribution in [-0.4, -0.2) is 14.5 Å². The first-order chi connectivity index (χ1) is 12.1. The van der Waals surface area contributed by atoms with E-state index in [9.17, 15) is 14.8 Å². The van der Waals surface area contributed by atoms with Crippen LogP contribution < -0.4 is 11.2 Å². The Kier molecular flexibility index (Phi) is 4.85. The molecule has 0 saturated carbocycles. The highest BCUT2D eigenvalue weighted by atomic mass is 16.5. The molecule has 1 aromatic carbocycles. The first-order valence-corrected chi connectivity index (χ1v) is 7.87. The van der Waals surface area contributed by atoms with Crippen LogP contribution >= 0.6 is 0 Å². The van der Waals surface area contributed by atoms with E-state index >= 15 is 0 Å². The summed E-state index contributed by atoms with van der Waals surface area (Å²) in [6.45, 7) is 1.93. The molecular formula is C18H18N2O5. The van der Waals surface area contributed by atoms with Gasteiger partial charge in [0.1, 0.15) is 6.73 Å². The van der Waals surface area contributed by atoms with E-state index in [1.807, 2.05) is 30.3 Å². The zero-order valence-electron chi connectivity index (χ0n) is 13.7. The van der Waals surface area contributed by atoms with Gasteiger partial charge >= 0.3 is 5.69 Å². The minimum Gasteiger partial charge on any atom is -0.463 e. The second-order valence-electron chi connectivity index (χ2n) is 5.45. The lowest BCUT2D eigenvalue weighted by atomic mass is 10.1. The van der Waals surface area contributed by atoms with Crippen LogP contribution in [0.25, 0.3) is 11.5 Å². The van der Waals surface area contributed by atoms with E-state index in [4.69, 9.17) is 9.15 Å². The van der Waals surface area contributed by atoms with Crippen LogP contribution in [0.5, 0.6) is 0 Å². The Morgan fingerprint density at radius 3 is 2.52 bits per heavy atom. The van der Waals surface area contributed by atoms with E-state index in [-0.39, 0.29) is 23.6 Å². The molecule has 0 fully saturated rings. The van der Waals surface area contributed by atoms with Gasteiger partial charge in [0.15, 0.2) is 5.76 Å². The van der Waals surface area contributed by atoms with Crippen molar-refractivity contribution in [3.8, 4) is 11.5 Å². The van der Waals surface area contributed by atoms with Crippen LogP contribution in [0.15, 0.2) is 62.7 Å². The molecule has 0 aliphatic heterocycles. The standard InChI is InChI=1S/C18H18N2O5/c1-2-14-16(15-9-6-10-25-15)19(18(22)20(23)17(14)21)12-24-11-13-7-4-3-5-8-13/h3-10,23H,2,11-12H2,1H3. The summed E-state index contributed by atoms with van der Waals surface area (Å²) in [6.07, 6.45) is 1.79. The number of aromatic nitrogens is 2. The van der Waals surface area contributed by atoms with Gasteiger partial charge < -0.3 is 14.4 Å². The Balaban J connectivity index is 2.01. The number of rotatable bonds is 6. The third-order valence-corrected chi connectivity index (χ3v) is 3.86. The van der Waals surface area contributed by atoms with Crippen molar-refractivity contribution >= 4 is 0 Å². The van der Waals surface area contributed by atoms with E-state index in [1.165, 1.54) is 10.8 Å². The first-order valence-electron chi connectivity index (χ1n) is 7.87. The van der Waals surface area contributed by atoms with Crippen molar-refractivity contribution < 1.29 is 14.4 Å². The first kappa shape index (κ1) is 16.8. The monoisotopic (exact) mass is 342 g/mol. The number of hydrogen-bond donors (Lipinski definition) is 1. The summed E-state index contributed by atoms with van der Waals surface area (Å²) < 4.78 is 12.3. The highest BCUT2D eigenvalue weighted by Gasteiger charge is 2.20. The molecule has 2 aromatic heterocycles. The van der Waals surface area contributed by atoms with Gasteiger partial charge in [-0.2, -0.15) is 0 Å². The van der Waals surface area contributed by atoms with Crippen molar-refractivity contribution in [3.63, 3.8) is 0 Å². The van der Waals surface area contributed by atoms with E-state index in [1.54, 1.807) is 19.1 Å². The average Bonchev–Trinajstić information content (AvgIpc) is 3.16. The summed E-state index contributed by atoms with van der Waals surface area (Å²) >= 11 is 0. The normalized spacial score (nSPS) is 10.9. The Morgan fingerprint density at radius 1 is 1.12 bits per heavy atom. The summed E-state index contributed by atoms with van der Waals surface area (Å²) in [5.74, 6) is 0.370. The minimum absolute atomic E-state index is 0.108. The molecule has 3 aromatic rings. The topological polar surface area (TPSA) is 86.6 Å². The number of hydrogen-bond acceptors (Lipinski definition) is 5. The zero-order valence-corrected chi connectivity index (χ0v) is 13.7. The highest BCUT2D eigenvalue weighted by Crippen LogP contribution is 2.21. The minimum atomic E-state index is -0.873. The zero-order chi connectivity index (χ0) is 17.8. The SMILES string of the molecule is CCc1c(-c2ccco2)n(COCc2ccccc2)c(=O)n(O)c1=O. The molecular weight excluding hydrogens is 324 g/mol. The Labute approximate surface area is 143 Å². The van der Waals surface area contributed by atoms with Crippen molar-refractivity contribution in [2.45, 2.75) is 26.7 Å². The van der Waals surface area contributed by atoms with E-state index in [0.29, 0.717) is 17.9 Å². The summed E-state index contributed by atoms with van der Waals surface area (Å²) in [5.41, 5.74) is -0.0794. The molecule has 0 bridgehead atoms. The van der Waals surface area contributed by atoms with Crippen LogP contribution in [0, 0.1) is 0 Å². The predicted molar refractivity (Wildman–Crippen MR) is 90.5 cm³/mol. The molecule has 0 unspecified atom stereocenters. The average molecular weight is 342 g/mol. The van der Waals surface area contributed by atoms with Gasteiger partial charge in [0.25, 0.3) is 5.56 Å². The molecule has 1 N–H and O–H groups in total. The molecule has 2 heterocycles. The van der Waals surface area contributed by atoms with E-state index in [0.717, 1.165) is 5.56 Å². The van der Waals surface area contributed by atoms with Crippen molar-refractivity contribution in [1.82, 2.24) is 9.30 Å². The maximum absolute atomic E-state index is 12.4. The molecule has 0 amide bonds. The number of ether oxygens (including phenoxy) is 1. The van der Waals surface area contributed by atoms with Gasteiger partial charge in [-0.15, -0.1) is 0 Å². The van der Waals surface area contributed by atoms with Crippen LogP contribution in [0.2, 0.25) is 0 Å². The predicted octanol–water partition coefficient (Wildman–Crippen LogP) is 2.24. The van der Waals surface area contributed by atoms with Crippen LogP contribution in [0.1, 0.15) is 18.1 Å². The fourth-order valence-corrected chi connectivity index (χ4v) is 2.65. The maximum atomic E-state index is 12.4. The molecule has 25 heavy (non-hydrogen) atoms. The lowest BCUT2D eigenvalue weighted by molar-refractivity contribution is 0.0530. The van der Waals surface area contributed by atoms with Crippen molar-refractivity contribution in [1.29, 1.82) is 0 Å². The number of benzene rings is 1. The Morgan fingerprint density at radius 2 is 1.88 bits per heavy atom. The quantitative estimate of drug-likeness (QED) is 0.694. The fourth-order valence-electron chi connectivity index (χ4n) is 2.65. The second kappa shape index (κ2) is 7.23. The summed E-state index contributed by atoms with van der Waals surface area (Å²) in [6, 6.07) is 12.8. The van der Waals surface area contributed by atoms with Gasteiger partial charge in [-0.05, 0) is 24.1 Å². The van der Waals surface area contributed by atoms with Crippen molar-refractivity contribution in [2.24, 2.45) is 0 Å².